The minimum Gasteiger partial charge on any atom is -0.375 e. The zero-order valence-electron chi connectivity index (χ0n) is 9.03. The number of nitro groups is 1. The van der Waals surface area contributed by atoms with Crippen molar-refractivity contribution in [3.8, 4) is 0 Å². The molecule has 1 aromatic heterocycles. The molecule has 1 atom stereocenters. The van der Waals surface area contributed by atoms with Crippen molar-refractivity contribution in [3.63, 3.8) is 0 Å². The van der Waals surface area contributed by atoms with Crippen molar-refractivity contribution in [2.45, 2.75) is 26.3 Å². The molecular weight excluding hydrogens is 274 g/mol. The van der Waals surface area contributed by atoms with Crippen LogP contribution in [0.3, 0.4) is 0 Å². The number of aromatic nitrogens is 1. The van der Waals surface area contributed by atoms with Gasteiger partial charge in [0.25, 0.3) is 0 Å². The Balaban J connectivity index is 2.29. The van der Waals surface area contributed by atoms with Crippen LogP contribution >= 0.6 is 15.9 Å². The van der Waals surface area contributed by atoms with Gasteiger partial charge >= 0.3 is 5.69 Å². The number of nitrogens with one attached hydrogen (secondary N) is 1. The third-order valence-corrected chi connectivity index (χ3v) is 3.51. The Bertz CT molecular complexity index is 448. The first-order chi connectivity index (χ1) is 7.42. The lowest BCUT2D eigenvalue weighted by Gasteiger charge is -2.09. The fourth-order valence-electron chi connectivity index (χ4n) is 1.59. The van der Waals surface area contributed by atoms with E-state index in [4.69, 9.17) is 0 Å². The summed E-state index contributed by atoms with van der Waals surface area (Å²) in [5.74, 6) is 0. The highest BCUT2D eigenvalue weighted by molar-refractivity contribution is 9.10. The van der Waals surface area contributed by atoms with E-state index in [2.05, 4.69) is 40.1 Å². The zero-order chi connectivity index (χ0) is 11.9. The first-order valence-corrected chi connectivity index (χ1v) is 5.75. The highest BCUT2D eigenvalue weighted by Crippen LogP contribution is 2.48. The van der Waals surface area contributed by atoms with Crippen LogP contribution in [0.4, 0.5) is 11.4 Å². The lowest BCUT2D eigenvalue weighted by Crippen LogP contribution is -2.10. The summed E-state index contributed by atoms with van der Waals surface area (Å²) < 4.78 is 0.629. The molecule has 1 heterocycles. The van der Waals surface area contributed by atoms with Gasteiger partial charge in [-0.15, -0.1) is 0 Å². The molecule has 2 rings (SSSR count). The maximum Gasteiger partial charge on any atom is 0.311 e. The molecule has 6 heteroatoms. The van der Waals surface area contributed by atoms with Crippen molar-refractivity contribution < 1.29 is 4.92 Å². The minimum absolute atomic E-state index is 0.0112. The van der Waals surface area contributed by atoms with Crippen LogP contribution < -0.4 is 5.32 Å². The van der Waals surface area contributed by atoms with Crippen LogP contribution in [-0.2, 0) is 0 Å². The standard InChI is InChI=1S/C10H12BrN3O2/c1-10(2)3-8(10)13-9-6(11)4-12-5-7(9)14(15)16/h4-5,8H,3H2,1-2H3,(H,12,13). The number of halogens is 1. The molecule has 0 radical (unpaired) electrons. The molecule has 0 aliphatic heterocycles. The Morgan fingerprint density at radius 1 is 1.62 bits per heavy atom. The lowest BCUT2D eigenvalue weighted by molar-refractivity contribution is -0.384. The normalized spacial score (nSPS) is 21.6. The molecule has 0 spiro atoms. The minimum atomic E-state index is -0.421. The smallest absolute Gasteiger partial charge is 0.311 e. The SMILES string of the molecule is CC1(C)CC1Nc1c(Br)cncc1[N+](=O)[O-]. The Morgan fingerprint density at radius 3 is 2.75 bits per heavy atom. The average Bonchev–Trinajstić information content (AvgIpc) is 2.77. The molecule has 0 amide bonds. The summed E-state index contributed by atoms with van der Waals surface area (Å²) in [4.78, 5) is 14.2. The Morgan fingerprint density at radius 2 is 2.25 bits per heavy atom. The maximum absolute atomic E-state index is 10.8. The Kier molecular flexibility index (Phi) is 2.61. The van der Waals surface area contributed by atoms with Crippen molar-refractivity contribution in [2.75, 3.05) is 5.32 Å². The monoisotopic (exact) mass is 285 g/mol. The fraction of sp³-hybridized carbons (Fsp3) is 0.500. The molecule has 1 N–H and O–H groups in total. The van der Waals surface area contributed by atoms with Crippen LogP contribution in [0.5, 0.6) is 0 Å². The predicted molar refractivity (Wildman–Crippen MR) is 64.4 cm³/mol. The van der Waals surface area contributed by atoms with Gasteiger partial charge in [-0.25, -0.2) is 0 Å². The van der Waals surface area contributed by atoms with E-state index in [0.717, 1.165) is 6.42 Å². The Hall–Kier alpha value is -1.17. The predicted octanol–water partition coefficient (Wildman–Crippen LogP) is 2.96. The van der Waals surface area contributed by atoms with Gasteiger partial charge < -0.3 is 5.32 Å². The molecule has 16 heavy (non-hydrogen) atoms. The highest BCUT2D eigenvalue weighted by atomic mass is 79.9. The Labute approximate surface area is 102 Å². The molecular formula is C10H12BrN3O2. The van der Waals surface area contributed by atoms with Gasteiger partial charge in [-0.3, -0.25) is 15.1 Å². The molecule has 1 fully saturated rings. The summed E-state index contributed by atoms with van der Waals surface area (Å²) in [6.45, 7) is 4.26. The van der Waals surface area contributed by atoms with Crippen LogP contribution in [0.15, 0.2) is 16.9 Å². The molecule has 0 bridgehead atoms. The van der Waals surface area contributed by atoms with Crippen LogP contribution in [0.2, 0.25) is 0 Å². The molecule has 1 aromatic rings. The van der Waals surface area contributed by atoms with Crippen molar-refractivity contribution >= 4 is 27.3 Å². The number of rotatable bonds is 3. The first kappa shape index (κ1) is 11.3. The zero-order valence-corrected chi connectivity index (χ0v) is 10.6. The highest BCUT2D eigenvalue weighted by Gasteiger charge is 2.46. The molecule has 86 valence electrons. The molecule has 0 aromatic carbocycles. The van der Waals surface area contributed by atoms with E-state index in [1.54, 1.807) is 6.20 Å². The number of hydrogen-bond donors (Lipinski definition) is 1. The molecule has 1 aliphatic rings. The summed E-state index contributed by atoms with van der Waals surface area (Å²) in [5.41, 5.74) is 0.754. The van der Waals surface area contributed by atoms with E-state index in [1.807, 2.05) is 0 Å². The van der Waals surface area contributed by atoms with E-state index in [1.165, 1.54) is 6.20 Å². The van der Waals surface area contributed by atoms with Gasteiger partial charge in [0.15, 0.2) is 0 Å². The van der Waals surface area contributed by atoms with Gasteiger partial charge in [-0.2, -0.15) is 0 Å². The van der Waals surface area contributed by atoms with Gasteiger partial charge in [-0.05, 0) is 27.8 Å². The van der Waals surface area contributed by atoms with Crippen molar-refractivity contribution in [1.29, 1.82) is 0 Å². The summed E-state index contributed by atoms with van der Waals surface area (Å²) in [5, 5.41) is 14.0. The summed E-state index contributed by atoms with van der Waals surface area (Å²) in [6, 6.07) is 0.296. The van der Waals surface area contributed by atoms with Crippen LogP contribution in [0.25, 0.3) is 0 Å². The average molecular weight is 286 g/mol. The van der Waals surface area contributed by atoms with Crippen molar-refractivity contribution in [2.24, 2.45) is 5.41 Å². The number of anilines is 1. The van der Waals surface area contributed by atoms with Crippen LogP contribution in [-0.4, -0.2) is 15.9 Å². The van der Waals surface area contributed by atoms with Gasteiger partial charge in [0, 0.05) is 12.2 Å². The molecule has 0 saturated heterocycles. The third-order valence-electron chi connectivity index (χ3n) is 2.91. The molecule has 5 nitrogen and oxygen atoms in total. The van der Waals surface area contributed by atoms with Gasteiger partial charge in [0.2, 0.25) is 0 Å². The maximum atomic E-state index is 10.8. The topological polar surface area (TPSA) is 68.1 Å². The molecule has 1 unspecified atom stereocenters. The largest absolute Gasteiger partial charge is 0.375 e. The lowest BCUT2D eigenvalue weighted by atomic mass is 10.2. The molecule has 1 aliphatic carbocycles. The third kappa shape index (κ3) is 2.02. The first-order valence-electron chi connectivity index (χ1n) is 4.96. The van der Waals surface area contributed by atoms with E-state index < -0.39 is 4.92 Å². The second-order valence-electron chi connectivity index (χ2n) is 4.66. The second kappa shape index (κ2) is 3.69. The van der Waals surface area contributed by atoms with Gasteiger partial charge in [-0.1, -0.05) is 13.8 Å². The second-order valence-corrected chi connectivity index (χ2v) is 5.52. The van der Waals surface area contributed by atoms with Crippen LogP contribution in [0, 0.1) is 15.5 Å². The number of nitrogens with zero attached hydrogens (tertiary/aromatic N) is 2. The van der Waals surface area contributed by atoms with E-state index in [9.17, 15) is 10.1 Å². The summed E-state index contributed by atoms with van der Waals surface area (Å²) in [6.07, 6.45) is 3.85. The van der Waals surface area contributed by atoms with Gasteiger partial charge in [0.1, 0.15) is 11.9 Å². The van der Waals surface area contributed by atoms with Crippen molar-refractivity contribution in [3.05, 3.63) is 27.0 Å². The fourth-order valence-corrected chi connectivity index (χ4v) is 2.03. The van der Waals surface area contributed by atoms with Crippen molar-refractivity contribution in [1.82, 2.24) is 4.98 Å². The van der Waals surface area contributed by atoms with Crippen LogP contribution in [0.1, 0.15) is 20.3 Å². The van der Waals surface area contributed by atoms with E-state index in [-0.39, 0.29) is 11.1 Å². The summed E-state index contributed by atoms with van der Waals surface area (Å²) >= 11 is 3.28. The molecule has 1 saturated carbocycles. The quantitative estimate of drug-likeness (QED) is 0.685. The number of hydrogen-bond acceptors (Lipinski definition) is 4. The summed E-state index contributed by atoms with van der Waals surface area (Å²) in [7, 11) is 0. The van der Waals surface area contributed by atoms with E-state index >= 15 is 0 Å². The van der Waals surface area contributed by atoms with E-state index in [0.29, 0.717) is 16.2 Å². The number of pyridine rings is 1. The van der Waals surface area contributed by atoms with Gasteiger partial charge in [0.05, 0.1) is 9.40 Å².